The summed E-state index contributed by atoms with van der Waals surface area (Å²) in [6.07, 6.45) is 4.39. The summed E-state index contributed by atoms with van der Waals surface area (Å²) >= 11 is 0. The smallest absolute Gasteiger partial charge is 0.211 e. The van der Waals surface area contributed by atoms with Gasteiger partial charge in [0.25, 0.3) is 0 Å². The van der Waals surface area contributed by atoms with Crippen LogP contribution in [-0.4, -0.2) is 68.2 Å². The van der Waals surface area contributed by atoms with E-state index >= 15 is 0 Å². The molecule has 2 aliphatic heterocycles. The van der Waals surface area contributed by atoms with Gasteiger partial charge in [-0.15, -0.1) is 0 Å². The van der Waals surface area contributed by atoms with Gasteiger partial charge in [-0.3, -0.25) is 4.90 Å². The first-order valence-corrected chi connectivity index (χ1v) is 9.16. The molecule has 0 aromatic carbocycles. The Morgan fingerprint density at radius 3 is 2.11 bits per heavy atom. The van der Waals surface area contributed by atoms with Crippen LogP contribution in [-0.2, 0) is 10.0 Å². The maximum Gasteiger partial charge on any atom is 0.211 e. The summed E-state index contributed by atoms with van der Waals surface area (Å²) in [5.74, 6) is 0. The molecule has 0 radical (unpaired) electrons. The van der Waals surface area contributed by atoms with E-state index in [0.29, 0.717) is 31.2 Å². The average Bonchev–Trinajstić information content (AvgIpc) is 2.77. The first-order chi connectivity index (χ1) is 8.86. The molecule has 6 heteroatoms. The number of sulfonamides is 1. The van der Waals surface area contributed by atoms with Gasteiger partial charge in [-0.05, 0) is 39.7 Å². The Balaban J connectivity index is 1.75. The van der Waals surface area contributed by atoms with Gasteiger partial charge < -0.3 is 5.32 Å². The van der Waals surface area contributed by atoms with Crippen molar-refractivity contribution in [1.82, 2.24) is 14.5 Å². The number of likely N-dealkylation sites (tertiary alicyclic amines) is 1. The quantitative estimate of drug-likeness (QED) is 0.818. The molecule has 0 amide bonds. The van der Waals surface area contributed by atoms with E-state index in [1.54, 1.807) is 4.31 Å². The third kappa shape index (κ3) is 4.15. The number of nitrogens with zero attached hydrogens (tertiary/aromatic N) is 2. The Kier molecular flexibility index (Phi) is 4.87. The second kappa shape index (κ2) is 6.08. The number of hydrogen-bond donors (Lipinski definition) is 1. The van der Waals surface area contributed by atoms with Crippen LogP contribution < -0.4 is 5.32 Å². The topological polar surface area (TPSA) is 52.6 Å². The van der Waals surface area contributed by atoms with Crippen molar-refractivity contribution in [2.24, 2.45) is 0 Å². The summed E-state index contributed by atoms with van der Waals surface area (Å²) in [6, 6.07) is 1.69. The third-order valence-corrected chi connectivity index (χ3v) is 5.65. The lowest BCUT2D eigenvalue weighted by Gasteiger charge is -2.32. The Labute approximate surface area is 117 Å². The SMILES string of the molecule is CC(C)N1CCC(NC2CCN(S(C)(=O)=O)CC2)C1. The Morgan fingerprint density at radius 1 is 1.05 bits per heavy atom. The molecular weight excluding hydrogens is 262 g/mol. The zero-order chi connectivity index (χ0) is 14.0. The molecule has 112 valence electrons. The lowest BCUT2D eigenvalue weighted by atomic mass is 10.1. The molecule has 2 saturated heterocycles. The average molecular weight is 289 g/mol. The van der Waals surface area contributed by atoms with Gasteiger partial charge >= 0.3 is 0 Å². The fourth-order valence-electron chi connectivity index (χ4n) is 3.08. The predicted molar refractivity (Wildman–Crippen MR) is 77.7 cm³/mol. The summed E-state index contributed by atoms with van der Waals surface area (Å²) in [6.45, 7) is 8.12. The second-order valence-electron chi connectivity index (χ2n) is 6.18. The fourth-order valence-corrected chi connectivity index (χ4v) is 3.95. The van der Waals surface area contributed by atoms with Crippen LogP contribution in [0.25, 0.3) is 0 Å². The molecule has 2 aliphatic rings. The summed E-state index contributed by atoms with van der Waals surface area (Å²) in [5, 5.41) is 3.71. The van der Waals surface area contributed by atoms with E-state index in [1.165, 1.54) is 19.2 Å². The maximum atomic E-state index is 11.5. The first kappa shape index (κ1) is 15.2. The molecule has 1 atom stereocenters. The molecule has 5 nitrogen and oxygen atoms in total. The van der Waals surface area contributed by atoms with E-state index < -0.39 is 10.0 Å². The lowest BCUT2D eigenvalue weighted by molar-refractivity contribution is 0.248. The molecule has 2 heterocycles. The van der Waals surface area contributed by atoms with Gasteiger partial charge in [0.05, 0.1) is 6.26 Å². The molecule has 0 saturated carbocycles. The zero-order valence-corrected chi connectivity index (χ0v) is 13.1. The number of piperidine rings is 1. The molecule has 0 aromatic rings. The van der Waals surface area contributed by atoms with Crippen LogP contribution in [0.15, 0.2) is 0 Å². The largest absolute Gasteiger partial charge is 0.310 e. The zero-order valence-electron chi connectivity index (χ0n) is 12.3. The number of hydrogen-bond acceptors (Lipinski definition) is 4. The molecule has 1 unspecified atom stereocenters. The monoisotopic (exact) mass is 289 g/mol. The Hall–Kier alpha value is -0.170. The van der Waals surface area contributed by atoms with Gasteiger partial charge in [0.15, 0.2) is 0 Å². The summed E-state index contributed by atoms with van der Waals surface area (Å²) in [5.41, 5.74) is 0. The van der Waals surface area contributed by atoms with Gasteiger partial charge in [0.1, 0.15) is 0 Å². The third-order valence-electron chi connectivity index (χ3n) is 4.34. The van der Waals surface area contributed by atoms with Crippen LogP contribution in [0.4, 0.5) is 0 Å². The van der Waals surface area contributed by atoms with Crippen molar-refractivity contribution in [3.63, 3.8) is 0 Å². The molecule has 0 bridgehead atoms. The molecule has 2 fully saturated rings. The second-order valence-corrected chi connectivity index (χ2v) is 8.16. The van der Waals surface area contributed by atoms with Crippen molar-refractivity contribution < 1.29 is 8.42 Å². The molecule has 19 heavy (non-hydrogen) atoms. The highest BCUT2D eigenvalue weighted by molar-refractivity contribution is 7.88. The molecule has 2 rings (SSSR count). The number of nitrogens with one attached hydrogen (secondary N) is 1. The summed E-state index contributed by atoms with van der Waals surface area (Å²) < 4.78 is 24.5. The minimum absolute atomic E-state index is 0.482. The highest BCUT2D eigenvalue weighted by Gasteiger charge is 2.29. The van der Waals surface area contributed by atoms with E-state index in [-0.39, 0.29) is 0 Å². The summed E-state index contributed by atoms with van der Waals surface area (Å²) in [4.78, 5) is 2.50. The molecular formula is C13H27N3O2S. The summed E-state index contributed by atoms with van der Waals surface area (Å²) in [7, 11) is -3.00. The van der Waals surface area contributed by atoms with Crippen LogP contribution in [0, 0.1) is 0 Å². The van der Waals surface area contributed by atoms with Crippen LogP contribution in [0.1, 0.15) is 33.1 Å². The van der Waals surface area contributed by atoms with Crippen LogP contribution in [0.2, 0.25) is 0 Å². The first-order valence-electron chi connectivity index (χ1n) is 7.31. The van der Waals surface area contributed by atoms with Crippen molar-refractivity contribution in [2.45, 2.75) is 51.2 Å². The van der Waals surface area contributed by atoms with E-state index in [4.69, 9.17) is 0 Å². The lowest BCUT2D eigenvalue weighted by Crippen LogP contribution is -2.48. The minimum atomic E-state index is -3.00. The highest BCUT2D eigenvalue weighted by atomic mass is 32.2. The van der Waals surface area contributed by atoms with Gasteiger partial charge in [-0.1, -0.05) is 0 Å². The molecule has 0 aliphatic carbocycles. The van der Waals surface area contributed by atoms with Crippen molar-refractivity contribution in [1.29, 1.82) is 0 Å². The van der Waals surface area contributed by atoms with Crippen molar-refractivity contribution >= 4 is 10.0 Å². The van der Waals surface area contributed by atoms with Gasteiger partial charge in [-0.25, -0.2) is 12.7 Å². The van der Waals surface area contributed by atoms with Crippen LogP contribution >= 0.6 is 0 Å². The van der Waals surface area contributed by atoms with Gasteiger partial charge in [-0.2, -0.15) is 0 Å². The standard InChI is InChI=1S/C13H27N3O2S/c1-11(2)15-7-4-13(10-15)14-12-5-8-16(9-6-12)19(3,17)18/h11-14H,4-10H2,1-3H3. The van der Waals surface area contributed by atoms with E-state index in [9.17, 15) is 8.42 Å². The predicted octanol–water partition coefficient (Wildman–Crippen LogP) is 0.483. The van der Waals surface area contributed by atoms with Crippen molar-refractivity contribution in [3.05, 3.63) is 0 Å². The van der Waals surface area contributed by atoms with E-state index in [0.717, 1.165) is 19.4 Å². The van der Waals surface area contributed by atoms with E-state index in [2.05, 4.69) is 24.1 Å². The highest BCUT2D eigenvalue weighted by Crippen LogP contribution is 2.17. The normalized spacial score (nSPS) is 28.3. The molecule has 0 spiro atoms. The van der Waals surface area contributed by atoms with Gasteiger partial charge in [0, 0.05) is 37.8 Å². The Bertz CT molecular complexity index is 389. The van der Waals surface area contributed by atoms with E-state index in [1.807, 2.05) is 0 Å². The van der Waals surface area contributed by atoms with Crippen LogP contribution in [0.3, 0.4) is 0 Å². The number of rotatable bonds is 4. The Morgan fingerprint density at radius 2 is 1.63 bits per heavy atom. The van der Waals surface area contributed by atoms with Crippen LogP contribution in [0.5, 0.6) is 0 Å². The fraction of sp³-hybridized carbons (Fsp3) is 1.00. The molecule has 1 N–H and O–H groups in total. The molecule has 0 aromatic heterocycles. The van der Waals surface area contributed by atoms with Crippen molar-refractivity contribution in [3.8, 4) is 0 Å². The van der Waals surface area contributed by atoms with Crippen molar-refractivity contribution in [2.75, 3.05) is 32.4 Å². The maximum absolute atomic E-state index is 11.5. The minimum Gasteiger partial charge on any atom is -0.310 e. The van der Waals surface area contributed by atoms with Gasteiger partial charge in [0.2, 0.25) is 10.0 Å².